The fourth-order valence-corrected chi connectivity index (χ4v) is 3.39. The van der Waals surface area contributed by atoms with Crippen molar-refractivity contribution in [3.63, 3.8) is 0 Å². The highest BCUT2D eigenvalue weighted by atomic mass is 16.4. The molecule has 0 heterocycles. The van der Waals surface area contributed by atoms with E-state index in [1.165, 1.54) is 51.4 Å². The van der Waals surface area contributed by atoms with Crippen molar-refractivity contribution in [3.8, 4) is 0 Å². The van der Waals surface area contributed by atoms with Gasteiger partial charge < -0.3 is 5.11 Å². The zero-order valence-electron chi connectivity index (χ0n) is 18.6. The summed E-state index contributed by atoms with van der Waals surface area (Å²) in [5.74, 6) is 1.89. The maximum absolute atomic E-state index is 10.4. The molecule has 0 aromatic rings. The van der Waals surface area contributed by atoms with Crippen LogP contribution in [0.15, 0.2) is 24.3 Å². The summed E-state index contributed by atoms with van der Waals surface area (Å²) in [6.45, 7) is 9.47. The van der Waals surface area contributed by atoms with Gasteiger partial charge in [0.25, 0.3) is 0 Å². The Bertz CT molecular complexity index is 395. The molecule has 2 atom stereocenters. The summed E-state index contributed by atoms with van der Waals surface area (Å²) in [5, 5.41) is 8.56. The smallest absolute Gasteiger partial charge is 0.303 e. The van der Waals surface area contributed by atoms with Gasteiger partial charge in [0.05, 0.1) is 0 Å². The van der Waals surface area contributed by atoms with Gasteiger partial charge in [-0.25, -0.2) is 0 Å². The highest BCUT2D eigenvalue weighted by Crippen LogP contribution is 2.21. The van der Waals surface area contributed by atoms with Crippen LogP contribution in [0.25, 0.3) is 0 Å². The molecule has 0 rings (SSSR count). The van der Waals surface area contributed by atoms with Crippen molar-refractivity contribution < 1.29 is 9.90 Å². The Balaban J connectivity index is 3.49. The molecule has 0 aliphatic carbocycles. The van der Waals surface area contributed by atoms with Crippen LogP contribution in [0, 0.1) is 17.8 Å². The zero-order valence-corrected chi connectivity index (χ0v) is 18.6. The van der Waals surface area contributed by atoms with E-state index >= 15 is 0 Å². The summed E-state index contributed by atoms with van der Waals surface area (Å²) in [4.78, 5) is 10.4. The number of carboxylic acids is 1. The first-order valence-corrected chi connectivity index (χ1v) is 11.4. The Morgan fingerprint density at radius 2 is 1.15 bits per heavy atom. The molecule has 2 unspecified atom stereocenters. The molecule has 0 saturated heterocycles. The standard InChI is InChI=1S/C25H46O2/c1-22(2)16-14-18-24(4)20-15-19-23(3)17-12-10-8-6-5-7-9-11-13-21-25(26)27/h7-10,22-24H,5-6,11-21H2,1-4H3,(H,26,27)/b9-7-,10-8-. The lowest BCUT2D eigenvalue weighted by molar-refractivity contribution is -0.137. The van der Waals surface area contributed by atoms with Crippen molar-refractivity contribution >= 4 is 5.97 Å². The van der Waals surface area contributed by atoms with Crippen LogP contribution in [0.4, 0.5) is 0 Å². The monoisotopic (exact) mass is 378 g/mol. The number of allylic oxidation sites excluding steroid dienone is 4. The summed E-state index contributed by atoms with van der Waals surface area (Å²) in [6, 6.07) is 0. The minimum absolute atomic E-state index is 0.277. The fourth-order valence-electron chi connectivity index (χ4n) is 3.39. The normalized spacial score (nSPS) is 14.4. The molecule has 0 amide bonds. The molecule has 0 radical (unpaired) electrons. The molecule has 0 spiro atoms. The van der Waals surface area contributed by atoms with E-state index in [1.54, 1.807) is 0 Å². The summed E-state index contributed by atoms with van der Waals surface area (Å²) in [5.41, 5.74) is 0. The largest absolute Gasteiger partial charge is 0.481 e. The number of hydrogen-bond donors (Lipinski definition) is 1. The molecule has 0 fully saturated rings. The fraction of sp³-hybridized carbons (Fsp3) is 0.800. The zero-order chi connectivity index (χ0) is 20.3. The molecule has 158 valence electrons. The maximum Gasteiger partial charge on any atom is 0.303 e. The Labute approximate surface area is 169 Å². The lowest BCUT2D eigenvalue weighted by Gasteiger charge is -2.14. The number of carboxylic acid groups (broad SMARTS) is 1. The van der Waals surface area contributed by atoms with Gasteiger partial charge in [-0.15, -0.1) is 0 Å². The number of aliphatic carboxylic acids is 1. The highest BCUT2D eigenvalue weighted by Gasteiger charge is 2.06. The highest BCUT2D eigenvalue weighted by molar-refractivity contribution is 5.66. The van der Waals surface area contributed by atoms with Gasteiger partial charge in [0, 0.05) is 6.42 Å². The van der Waals surface area contributed by atoms with Gasteiger partial charge in [-0.05, 0) is 56.3 Å². The number of rotatable bonds is 18. The lowest BCUT2D eigenvalue weighted by atomic mass is 9.92. The molecule has 27 heavy (non-hydrogen) atoms. The van der Waals surface area contributed by atoms with Crippen molar-refractivity contribution in [3.05, 3.63) is 24.3 Å². The van der Waals surface area contributed by atoms with E-state index in [-0.39, 0.29) is 6.42 Å². The van der Waals surface area contributed by atoms with Crippen LogP contribution in [0.2, 0.25) is 0 Å². The van der Waals surface area contributed by atoms with E-state index in [1.807, 2.05) is 0 Å². The van der Waals surface area contributed by atoms with Gasteiger partial charge in [0.15, 0.2) is 0 Å². The lowest BCUT2D eigenvalue weighted by Crippen LogP contribution is -1.99. The molecule has 2 heteroatoms. The van der Waals surface area contributed by atoms with E-state index in [4.69, 9.17) is 5.11 Å². The molecule has 0 aromatic carbocycles. The van der Waals surface area contributed by atoms with E-state index in [0.29, 0.717) is 0 Å². The predicted octanol–water partition coefficient (Wildman–Crippen LogP) is 8.18. The predicted molar refractivity (Wildman–Crippen MR) is 119 cm³/mol. The molecule has 0 bridgehead atoms. The van der Waals surface area contributed by atoms with Gasteiger partial charge in [0.2, 0.25) is 0 Å². The number of carbonyl (C=O) groups is 1. The van der Waals surface area contributed by atoms with E-state index in [9.17, 15) is 4.79 Å². The average Bonchev–Trinajstić information content (AvgIpc) is 2.59. The quantitative estimate of drug-likeness (QED) is 0.193. The van der Waals surface area contributed by atoms with Gasteiger partial charge in [-0.2, -0.15) is 0 Å². The van der Waals surface area contributed by atoms with Crippen molar-refractivity contribution in [2.75, 3.05) is 0 Å². The Morgan fingerprint density at radius 3 is 1.70 bits per heavy atom. The molecule has 0 aromatic heterocycles. The van der Waals surface area contributed by atoms with Crippen LogP contribution in [0.1, 0.15) is 111 Å². The van der Waals surface area contributed by atoms with Crippen molar-refractivity contribution in [1.29, 1.82) is 0 Å². The van der Waals surface area contributed by atoms with Crippen LogP contribution in [0.5, 0.6) is 0 Å². The van der Waals surface area contributed by atoms with Gasteiger partial charge in [-0.3, -0.25) is 4.79 Å². The topological polar surface area (TPSA) is 37.3 Å². The van der Waals surface area contributed by atoms with Crippen LogP contribution >= 0.6 is 0 Å². The minimum atomic E-state index is -0.697. The summed E-state index contributed by atoms with van der Waals surface area (Å²) < 4.78 is 0. The van der Waals surface area contributed by atoms with Crippen LogP contribution < -0.4 is 0 Å². The molecule has 0 aliphatic rings. The molecule has 1 N–H and O–H groups in total. The van der Waals surface area contributed by atoms with Crippen molar-refractivity contribution in [1.82, 2.24) is 0 Å². The molecular weight excluding hydrogens is 332 g/mol. The third kappa shape index (κ3) is 21.1. The van der Waals surface area contributed by atoms with Crippen molar-refractivity contribution in [2.24, 2.45) is 17.8 Å². The minimum Gasteiger partial charge on any atom is -0.481 e. The van der Waals surface area contributed by atoms with Crippen LogP contribution in [-0.2, 0) is 4.79 Å². The second kappa shape index (κ2) is 18.3. The summed E-state index contributed by atoms with van der Waals surface area (Å²) in [6.07, 6.45) is 23.8. The Hall–Kier alpha value is -1.05. The second-order valence-electron chi connectivity index (χ2n) is 8.85. The van der Waals surface area contributed by atoms with Gasteiger partial charge in [0.1, 0.15) is 0 Å². The van der Waals surface area contributed by atoms with Crippen LogP contribution in [0.3, 0.4) is 0 Å². The molecule has 0 saturated carbocycles. The SMILES string of the molecule is CC(C)CCCC(C)CCCC(C)CC/C=C\CC/C=C\CCCC(=O)O. The molecular formula is C25H46O2. The second-order valence-corrected chi connectivity index (χ2v) is 8.85. The first kappa shape index (κ1) is 26.0. The van der Waals surface area contributed by atoms with E-state index < -0.39 is 5.97 Å². The van der Waals surface area contributed by atoms with E-state index in [2.05, 4.69) is 52.0 Å². The average molecular weight is 379 g/mol. The Morgan fingerprint density at radius 1 is 0.667 bits per heavy atom. The summed E-state index contributed by atoms with van der Waals surface area (Å²) >= 11 is 0. The Kier molecular flexibility index (Phi) is 17.6. The van der Waals surface area contributed by atoms with E-state index in [0.717, 1.165) is 43.4 Å². The number of unbranched alkanes of at least 4 members (excludes halogenated alkanes) is 2. The number of hydrogen-bond acceptors (Lipinski definition) is 1. The molecule has 2 nitrogen and oxygen atoms in total. The molecule has 0 aliphatic heterocycles. The summed E-state index contributed by atoms with van der Waals surface area (Å²) in [7, 11) is 0. The van der Waals surface area contributed by atoms with Crippen LogP contribution in [-0.4, -0.2) is 11.1 Å². The van der Waals surface area contributed by atoms with Gasteiger partial charge >= 0.3 is 5.97 Å². The first-order chi connectivity index (χ1) is 12.9. The first-order valence-electron chi connectivity index (χ1n) is 11.4. The third-order valence-corrected chi connectivity index (χ3v) is 5.29. The van der Waals surface area contributed by atoms with Gasteiger partial charge in [-0.1, -0.05) is 90.5 Å². The maximum atomic E-state index is 10.4. The third-order valence-electron chi connectivity index (χ3n) is 5.29. The van der Waals surface area contributed by atoms with Crippen molar-refractivity contribution in [2.45, 2.75) is 111 Å².